The number of halogens is 1. The van der Waals surface area contributed by atoms with Crippen molar-refractivity contribution < 1.29 is 13.5 Å². The summed E-state index contributed by atoms with van der Waals surface area (Å²) < 4.78 is 28.0. The molecule has 108 valence electrons. The maximum Gasteiger partial charge on any atom is 0.243 e. The monoisotopic (exact) mass is 350 g/mol. The number of aliphatic hydroxyl groups is 1. The minimum absolute atomic E-state index is 0.0412. The number of aliphatic hydroxyl groups excluding tert-OH is 1. The van der Waals surface area contributed by atoms with Crippen LogP contribution in [0.2, 0.25) is 0 Å². The molecule has 0 saturated heterocycles. The van der Waals surface area contributed by atoms with Crippen molar-refractivity contribution in [1.29, 1.82) is 0 Å². The van der Waals surface area contributed by atoms with Crippen LogP contribution in [0.15, 0.2) is 27.6 Å². The van der Waals surface area contributed by atoms with Crippen LogP contribution in [0.5, 0.6) is 0 Å². The van der Waals surface area contributed by atoms with E-state index >= 15 is 0 Å². The first-order chi connectivity index (χ1) is 8.74. The molecular weight excluding hydrogens is 332 g/mol. The Hall–Kier alpha value is -0.630. The van der Waals surface area contributed by atoms with Gasteiger partial charge in [-0.25, -0.2) is 13.1 Å². The summed E-state index contributed by atoms with van der Waals surface area (Å²) in [6, 6.07) is 4.68. The van der Waals surface area contributed by atoms with Crippen LogP contribution in [0.25, 0.3) is 0 Å². The second-order valence-corrected chi connectivity index (χ2v) is 7.24. The highest BCUT2D eigenvalue weighted by molar-refractivity contribution is 9.10. The van der Waals surface area contributed by atoms with Crippen molar-refractivity contribution in [2.45, 2.75) is 37.1 Å². The van der Waals surface area contributed by atoms with E-state index in [-0.39, 0.29) is 17.2 Å². The van der Waals surface area contributed by atoms with E-state index in [4.69, 9.17) is 10.8 Å². The fraction of sp³-hybridized carbons (Fsp3) is 0.500. The Kier molecular flexibility index (Phi) is 5.37. The maximum absolute atomic E-state index is 12.4. The third kappa shape index (κ3) is 4.17. The molecule has 0 aliphatic rings. The van der Waals surface area contributed by atoms with Crippen molar-refractivity contribution in [3.05, 3.63) is 22.7 Å². The fourth-order valence-electron chi connectivity index (χ4n) is 1.67. The Bertz CT molecular complexity index is 548. The van der Waals surface area contributed by atoms with Crippen LogP contribution < -0.4 is 10.5 Å². The predicted octanol–water partition coefficient (Wildman–Crippen LogP) is 1.86. The summed E-state index contributed by atoms with van der Waals surface area (Å²) >= 11 is 3.23. The molecule has 0 radical (unpaired) electrons. The van der Waals surface area contributed by atoms with E-state index < -0.39 is 15.6 Å². The van der Waals surface area contributed by atoms with E-state index in [1.165, 1.54) is 12.1 Å². The average Bonchev–Trinajstić information content (AvgIpc) is 2.31. The second kappa shape index (κ2) is 6.21. The third-order valence-electron chi connectivity index (χ3n) is 3.09. The first-order valence-corrected chi connectivity index (χ1v) is 8.21. The molecule has 0 heterocycles. The van der Waals surface area contributed by atoms with Crippen molar-refractivity contribution in [2.24, 2.45) is 0 Å². The van der Waals surface area contributed by atoms with Gasteiger partial charge in [0, 0.05) is 16.6 Å². The number of nitrogens with one attached hydrogen (secondary N) is 1. The number of rotatable bonds is 6. The number of hydrogen-bond acceptors (Lipinski definition) is 4. The summed E-state index contributed by atoms with van der Waals surface area (Å²) in [5.41, 5.74) is 5.22. The highest BCUT2D eigenvalue weighted by atomic mass is 79.9. The van der Waals surface area contributed by atoms with Gasteiger partial charge >= 0.3 is 0 Å². The molecule has 1 unspecified atom stereocenters. The number of nitrogens with two attached hydrogens (primary N) is 1. The van der Waals surface area contributed by atoms with Gasteiger partial charge in [-0.05, 0) is 38.0 Å². The lowest BCUT2D eigenvalue weighted by atomic mass is 9.97. The van der Waals surface area contributed by atoms with Gasteiger partial charge in [0.15, 0.2) is 0 Å². The van der Waals surface area contributed by atoms with Crippen LogP contribution in [-0.4, -0.2) is 25.7 Å². The van der Waals surface area contributed by atoms with E-state index in [2.05, 4.69) is 20.7 Å². The third-order valence-corrected chi connectivity index (χ3v) is 5.28. The van der Waals surface area contributed by atoms with Gasteiger partial charge in [0.25, 0.3) is 0 Å². The molecule has 0 fully saturated rings. The number of anilines is 1. The van der Waals surface area contributed by atoms with E-state index in [1.54, 1.807) is 13.0 Å². The number of benzene rings is 1. The molecule has 0 spiro atoms. The quantitative estimate of drug-likeness (QED) is 0.682. The lowest BCUT2D eigenvalue weighted by molar-refractivity contribution is 0.233. The molecule has 0 amide bonds. The smallest absolute Gasteiger partial charge is 0.243 e. The zero-order valence-electron chi connectivity index (χ0n) is 11.0. The van der Waals surface area contributed by atoms with Crippen LogP contribution in [0.3, 0.4) is 0 Å². The van der Waals surface area contributed by atoms with E-state index in [0.717, 1.165) is 0 Å². The van der Waals surface area contributed by atoms with Crippen LogP contribution in [0, 0.1) is 0 Å². The van der Waals surface area contributed by atoms with Crippen molar-refractivity contribution in [3.63, 3.8) is 0 Å². The zero-order chi connectivity index (χ0) is 14.7. The Labute approximate surface area is 122 Å². The maximum atomic E-state index is 12.4. The highest BCUT2D eigenvalue weighted by Gasteiger charge is 2.29. The molecule has 1 aromatic rings. The fourth-order valence-corrected chi connectivity index (χ4v) is 3.85. The Morgan fingerprint density at radius 1 is 1.47 bits per heavy atom. The molecule has 1 rings (SSSR count). The highest BCUT2D eigenvalue weighted by Crippen LogP contribution is 2.25. The van der Waals surface area contributed by atoms with E-state index in [0.29, 0.717) is 17.3 Å². The molecule has 4 N–H and O–H groups in total. The van der Waals surface area contributed by atoms with E-state index in [9.17, 15) is 8.42 Å². The van der Waals surface area contributed by atoms with Gasteiger partial charge in [0.1, 0.15) is 4.90 Å². The summed E-state index contributed by atoms with van der Waals surface area (Å²) in [6.07, 6.45) is 0.914. The first-order valence-electron chi connectivity index (χ1n) is 5.94. The molecule has 0 aliphatic heterocycles. The normalized spacial score (nSPS) is 15.2. The molecule has 7 heteroatoms. The molecule has 5 nitrogen and oxygen atoms in total. The number of hydrogen-bond donors (Lipinski definition) is 3. The predicted molar refractivity (Wildman–Crippen MR) is 79.3 cm³/mol. The van der Waals surface area contributed by atoms with Crippen molar-refractivity contribution in [3.8, 4) is 0 Å². The SMILES string of the molecule is CCC(C)(CCO)NS(=O)(=O)c1cc(Br)ccc1N. The van der Waals surface area contributed by atoms with Crippen LogP contribution in [0.1, 0.15) is 26.7 Å². The van der Waals surface area contributed by atoms with Gasteiger partial charge < -0.3 is 10.8 Å². The standard InChI is InChI=1S/C12H19BrN2O3S/c1-3-12(2,6-7-16)15-19(17,18)11-8-9(13)4-5-10(11)14/h4-5,8,15-16H,3,6-7,14H2,1-2H3. The topological polar surface area (TPSA) is 92.4 Å². The first kappa shape index (κ1) is 16.4. The molecular formula is C12H19BrN2O3S. The average molecular weight is 351 g/mol. The molecule has 0 bridgehead atoms. The molecule has 1 aromatic carbocycles. The van der Waals surface area contributed by atoms with Gasteiger partial charge in [-0.3, -0.25) is 0 Å². The van der Waals surface area contributed by atoms with Crippen molar-refractivity contribution in [2.75, 3.05) is 12.3 Å². The van der Waals surface area contributed by atoms with Crippen molar-refractivity contribution in [1.82, 2.24) is 4.72 Å². The van der Waals surface area contributed by atoms with Crippen LogP contribution in [-0.2, 0) is 10.0 Å². The molecule has 0 aromatic heterocycles. The van der Waals surface area contributed by atoms with E-state index in [1.807, 2.05) is 6.92 Å². The summed E-state index contributed by atoms with van der Waals surface area (Å²) in [5, 5.41) is 9.03. The molecule has 19 heavy (non-hydrogen) atoms. The number of nitrogen functional groups attached to an aromatic ring is 1. The summed E-state index contributed by atoms with van der Waals surface area (Å²) in [4.78, 5) is 0.0412. The number of sulfonamides is 1. The Morgan fingerprint density at radius 3 is 2.63 bits per heavy atom. The van der Waals surface area contributed by atoms with Gasteiger partial charge in [-0.2, -0.15) is 0 Å². The van der Waals surface area contributed by atoms with Crippen LogP contribution in [0.4, 0.5) is 5.69 Å². The van der Waals surface area contributed by atoms with Crippen molar-refractivity contribution >= 4 is 31.6 Å². The van der Waals surface area contributed by atoms with Gasteiger partial charge in [0.05, 0.1) is 5.69 Å². The minimum Gasteiger partial charge on any atom is -0.398 e. The second-order valence-electron chi connectivity index (χ2n) is 4.68. The molecule has 0 saturated carbocycles. The lowest BCUT2D eigenvalue weighted by Gasteiger charge is -2.28. The Balaban J connectivity index is 3.14. The molecule has 0 aliphatic carbocycles. The Morgan fingerprint density at radius 2 is 2.11 bits per heavy atom. The van der Waals surface area contributed by atoms with Gasteiger partial charge in [-0.1, -0.05) is 22.9 Å². The summed E-state index contributed by atoms with van der Waals surface area (Å²) in [5.74, 6) is 0. The van der Waals surface area contributed by atoms with Gasteiger partial charge in [-0.15, -0.1) is 0 Å². The van der Waals surface area contributed by atoms with Crippen LogP contribution >= 0.6 is 15.9 Å². The van der Waals surface area contributed by atoms with Gasteiger partial charge in [0.2, 0.25) is 10.0 Å². The summed E-state index contributed by atoms with van der Waals surface area (Å²) in [7, 11) is -3.72. The molecule has 1 atom stereocenters. The lowest BCUT2D eigenvalue weighted by Crippen LogP contribution is -2.46. The summed E-state index contributed by atoms with van der Waals surface area (Å²) in [6.45, 7) is 3.54. The largest absolute Gasteiger partial charge is 0.398 e. The minimum atomic E-state index is -3.72. The zero-order valence-corrected chi connectivity index (χ0v) is 13.4.